The van der Waals surface area contributed by atoms with Crippen LogP contribution in [0.15, 0.2) is 46.5 Å². The number of carboxylic acids is 1. The maximum Gasteiger partial charge on any atom is 0.430 e. The van der Waals surface area contributed by atoms with E-state index < -0.39 is 23.8 Å². The van der Waals surface area contributed by atoms with E-state index in [0.29, 0.717) is 11.3 Å². The summed E-state index contributed by atoms with van der Waals surface area (Å²) in [6.07, 6.45) is -2.99. The van der Waals surface area contributed by atoms with Crippen molar-refractivity contribution in [3.8, 4) is 0 Å². The summed E-state index contributed by atoms with van der Waals surface area (Å²) in [6, 6.07) is 0. The average Bonchev–Trinajstić information content (AvgIpc) is 2.64. The van der Waals surface area contributed by atoms with Crippen molar-refractivity contribution in [2.75, 3.05) is 7.11 Å². The van der Waals surface area contributed by atoms with E-state index in [1.165, 1.54) is 13.2 Å². The number of aliphatic carboxylic acids is 1. The highest BCUT2D eigenvalue weighted by Crippen LogP contribution is 2.38. The van der Waals surface area contributed by atoms with Gasteiger partial charge in [0, 0.05) is 12.0 Å². The third kappa shape index (κ3) is 4.18. The Bertz CT molecular complexity index is 595. The molecule has 0 saturated carbocycles. The summed E-state index contributed by atoms with van der Waals surface area (Å²) in [4.78, 5) is 11.0. The van der Waals surface area contributed by atoms with Crippen LogP contribution in [-0.2, 0) is 14.3 Å². The summed E-state index contributed by atoms with van der Waals surface area (Å²) in [6.45, 7) is 5.73. The highest BCUT2D eigenvalue weighted by atomic mass is 19.4. The highest BCUT2D eigenvalue weighted by Gasteiger charge is 2.49. The maximum absolute atomic E-state index is 12.9. The summed E-state index contributed by atoms with van der Waals surface area (Å²) < 4.78 is 48.8. The minimum atomic E-state index is -4.80. The molecule has 4 nitrogen and oxygen atoms in total. The van der Waals surface area contributed by atoms with Crippen molar-refractivity contribution >= 4 is 5.97 Å². The molecule has 0 aromatic heterocycles. The predicted molar refractivity (Wildman–Crippen MR) is 78.5 cm³/mol. The van der Waals surface area contributed by atoms with Gasteiger partial charge in [0.2, 0.25) is 6.10 Å². The molecular formula is C16H19F3O4. The van der Waals surface area contributed by atoms with Crippen molar-refractivity contribution < 1.29 is 32.5 Å². The van der Waals surface area contributed by atoms with Gasteiger partial charge < -0.3 is 14.6 Å². The molecule has 0 spiro atoms. The van der Waals surface area contributed by atoms with Crippen LogP contribution >= 0.6 is 0 Å². The number of alkyl halides is 3. The van der Waals surface area contributed by atoms with Gasteiger partial charge in [-0.05, 0) is 30.7 Å². The van der Waals surface area contributed by atoms with Gasteiger partial charge in [0.05, 0.1) is 12.7 Å². The number of rotatable bonds is 2. The number of methoxy groups -OCH3 is 1. The Hall–Kier alpha value is -2.18. The van der Waals surface area contributed by atoms with Crippen LogP contribution in [0.5, 0.6) is 0 Å². The standard InChI is InChI=1S/C14H13F3O4.C2H6/c1-7-5-8-6-9(13(18)19)12(14(15,16)17)21-11(8)4-3-10(7)20-2;1-2/h4-6,12H,3H2,1-2H3,(H,18,19);1-2H3. The fraction of sp³-hybridized carbons (Fsp3) is 0.438. The second kappa shape index (κ2) is 7.39. The minimum Gasteiger partial charge on any atom is -0.500 e. The number of hydrogen-bond acceptors (Lipinski definition) is 3. The van der Waals surface area contributed by atoms with Crippen LogP contribution in [0, 0.1) is 0 Å². The molecule has 2 aliphatic rings. The second-order valence-electron chi connectivity index (χ2n) is 4.63. The summed E-state index contributed by atoms with van der Waals surface area (Å²) >= 11 is 0. The molecule has 0 radical (unpaired) electrons. The Morgan fingerprint density at radius 2 is 1.96 bits per heavy atom. The molecule has 2 rings (SSSR count). The van der Waals surface area contributed by atoms with Crippen molar-refractivity contribution in [1.82, 2.24) is 0 Å². The molecule has 0 saturated heterocycles. The quantitative estimate of drug-likeness (QED) is 0.826. The van der Waals surface area contributed by atoms with E-state index in [1.54, 1.807) is 13.0 Å². The molecule has 7 heteroatoms. The number of allylic oxidation sites excluding steroid dienone is 4. The van der Waals surface area contributed by atoms with Gasteiger partial charge in [-0.15, -0.1) is 0 Å². The Morgan fingerprint density at radius 3 is 2.43 bits per heavy atom. The molecule has 128 valence electrons. The largest absolute Gasteiger partial charge is 0.500 e. The van der Waals surface area contributed by atoms with Gasteiger partial charge >= 0.3 is 12.1 Å². The molecule has 1 unspecified atom stereocenters. The lowest BCUT2D eigenvalue weighted by Crippen LogP contribution is -2.38. The molecule has 0 aromatic carbocycles. The zero-order valence-corrected chi connectivity index (χ0v) is 13.3. The minimum absolute atomic E-state index is 0.00808. The lowest BCUT2D eigenvalue weighted by atomic mass is 9.99. The summed E-state index contributed by atoms with van der Waals surface area (Å²) in [5.41, 5.74) is 0.158. The molecule has 0 aromatic rings. The molecular weight excluding hydrogens is 313 g/mol. The van der Waals surface area contributed by atoms with Gasteiger partial charge in [-0.2, -0.15) is 13.2 Å². The first-order valence-electron chi connectivity index (χ1n) is 7.08. The van der Waals surface area contributed by atoms with Gasteiger partial charge in [0.25, 0.3) is 0 Å². The molecule has 0 fully saturated rings. The van der Waals surface area contributed by atoms with Gasteiger partial charge in [-0.3, -0.25) is 0 Å². The van der Waals surface area contributed by atoms with Gasteiger partial charge in [-0.25, -0.2) is 4.79 Å². The molecule has 1 aliphatic carbocycles. The molecule has 1 N–H and O–H groups in total. The Labute approximate surface area is 132 Å². The van der Waals surface area contributed by atoms with E-state index in [2.05, 4.69) is 0 Å². The molecule has 1 heterocycles. The third-order valence-corrected chi connectivity index (χ3v) is 3.20. The van der Waals surface area contributed by atoms with Crippen LogP contribution in [0.3, 0.4) is 0 Å². The van der Waals surface area contributed by atoms with Crippen LogP contribution in [0.1, 0.15) is 27.2 Å². The van der Waals surface area contributed by atoms with E-state index in [0.717, 1.165) is 6.08 Å². The van der Waals surface area contributed by atoms with Crippen molar-refractivity contribution in [2.24, 2.45) is 0 Å². The van der Waals surface area contributed by atoms with Crippen LogP contribution in [-0.4, -0.2) is 30.5 Å². The second-order valence-corrected chi connectivity index (χ2v) is 4.63. The number of carbonyl (C=O) groups is 1. The van der Waals surface area contributed by atoms with E-state index >= 15 is 0 Å². The SMILES string of the molecule is CC.COC1=C(C)C=C2C=C(C(=O)O)C(C(F)(F)F)OC2=CC1. The molecule has 0 amide bonds. The van der Waals surface area contributed by atoms with E-state index in [4.69, 9.17) is 14.6 Å². The van der Waals surface area contributed by atoms with Crippen LogP contribution in [0.25, 0.3) is 0 Å². The Morgan fingerprint density at radius 1 is 1.35 bits per heavy atom. The first-order valence-corrected chi connectivity index (χ1v) is 7.08. The van der Waals surface area contributed by atoms with Gasteiger partial charge in [0.15, 0.2) is 0 Å². The lowest BCUT2D eigenvalue weighted by molar-refractivity contribution is -0.200. The maximum atomic E-state index is 12.9. The van der Waals surface area contributed by atoms with Crippen LogP contribution < -0.4 is 0 Å². The molecule has 0 bridgehead atoms. The van der Waals surface area contributed by atoms with Crippen LogP contribution in [0.4, 0.5) is 13.2 Å². The summed E-state index contributed by atoms with van der Waals surface area (Å²) in [5.74, 6) is -1.06. The molecule has 1 atom stereocenters. The number of halogens is 3. The first kappa shape index (κ1) is 18.9. The zero-order valence-electron chi connectivity index (χ0n) is 13.3. The summed E-state index contributed by atoms with van der Waals surface area (Å²) in [5, 5.41) is 8.96. The topological polar surface area (TPSA) is 55.8 Å². The first-order chi connectivity index (χ1) is 10.7. The van der Waals surface area contributed by atoms with Gasteiger partial charge in [-0.1, -0.05) is 13.8 Å². The average molecular weight is 332 g/mol. The van der Waals surface area contributed by atoms with Crippen LogP contribution in [0.2, 0.25) is 0 Å². The van der Waals surface area contributed by atoms with E-state index in [1.807, 2.05) is 13.8 Å². The monoisotopic (exact) mass is 332 g/mol. The fourth-order valence-corrected chi connectivity index (χ4v) is 2.17. The van der Waals surface area contributed by atoms with Crippen molar-refractivity contribution in [1.29, 1.82) is 0 Å². The van der Waals surface area contributed by atoms with Crippen molar-refractivity contribution in [3.63, 3.8) is 0 Å². The zero-order chi connectivity index (χ0) is 17.8. The summed E-state index contributed by atoms with van der Waals surface area (Å²) in [7, 11) is 1.46. The van der Waals surface area contributed by atoms with Crippen molar-refractivity contribution in [2.45, 2.75) is 39.5 Å². The van der Waals surface area contributed by atoms with Crippen molar-refractivity contribution in [3.05, 3.63) is 46.5 Å². The van der Waals surface area contributed by atoms with E-state index in [9.17, 15) is 18.0 Å². The van der Waals surface area contributed by atoms with E-state index in [-0.39, 0.29) is 17.8 Å². The number of carboxylic acid groups (broad SMARTS) is 1. The number of hydrogen-bond donors (Lipinski definition) is 1. The molecule has 23 heavy (non-hydrogen) atoms. The third-order valence-electron chi connectivity index (χ3n) is 3.20. The normalized spacial score (nSPS) is 20.7. The lowest BCUT2D eigenvalue weighted by Gasteiger charge is -2.28. The number of ether oxygens (including phenoxy) is 2. The highest BCUT2D eigenvalue weighted by molar-refractivity contribution is 5.89. The predicted octanol–water partition coefficient (Wildman–Crippen LogP) is 4.12. The Kier molecular flexibility index (Phi) is 6.06. The smallest absolute Gasteiger partial charge is 0.430 e. The fourth-order valence-electron chi connectivity index (χ4n) is 2.17. The Balaban J connectivity index is 0.00000127. The van der Waals surface area contributed by atoms with Gasteiger partial charge in [0.1, 0.15) is 11.5 Å². The molecule has 1 aliphatic heterocycles. The number of fused-ring (bicyclic) bond motifs is 1.